The Balaban J connectivity index is 1.81. The molecule has 0 aromatic heterocycles. The Morgan fingerprint density at radius 1 is 1.36 bits per heavy atom. The van der Waals surface area contributed by atoms with Crippen LogP contribution < -0.4 is 24.7 Å². The van der Waals surface area contributed by atoms with Gasteiger partial charge in [0.15, 0.2) is 0 Å². The van der Waals surface area contributed by atoms with Crippen molar-refractivity contribution >= 4 is 37.5 Å². The Kier molecular flexibility index (Phi) is 3.96. The van der Waals surface area contributed by atoms with Gasteiger partial charge < -0.3 is 0 Å². The molecule has 3 heterocycles. The van der Waals surface area contributed by atoms with Gasteiger partial charge in [-0.05, 0) is 0 Å². The molecule has 0 spiro atoms. The van der Waals surface area contributed by atoms with Crippen LogP contribution in [0.2, 0.25) is 4.71 Å². The van der Waals surface area contributed by atoms with E-state index in [-0.39, 0.29) is 23.0 Å². The molecule has 133 valence electrons. The van der Waals surface area contributed by atoms with Crippen molar-refractivity contribution < 1.29 is 22.7 Å². The van der Waals surface area contributed by atoms with E-state index < -0.39 is 33.5 Å². The van der Waals surface area contributed by atoms with Gasteiger partial charge in [-0.2, -0.15) is 0 Å². The van der Waals surface area contributed by atoms with Crippen molar-refractivity contribution in [1.29, 1.82) is 0 Å². The number of amidine groups is 1. The molecule has 0 bridgehead atoms. The number of fused-ring (bicyclic) bond motifs is 3. The number of rotatable bonds is 2. The number of hydrogen-bond donors (Lipinski definition) is 2. The molecular weight excluding hydrogens is 400 g/mol. The first kappa shape index (κ1) is 16.7. The molecular formula is C15H15AsF3N4O2. The second-order valence-corrected chi connectivity index (χ2v) is 9.20. The van der Waals surface area contributed by atoms with E-state index in [9.17, 15) is 18.0 Å². The number of hydrogen-bond acceptors (Lipinski definition) is 5. The van der Waals surface area contributed by atoms with Crippen molar-refractivity contribution in [3.8, 4) is 5.75 Å². The van der Waals surface area contributed by atoms with Gasteiger partial charge in [-0.25, -0.2) is 0 Å². The van der Waals surface area contributed by atoms with Gasteiger partial charge in [-0.3, -0.25) is 0 Å². The van der Waals surface area contributed by atoms with Crippen LogP contribution >= 0.6 is 0 Å². The van der Waals surface area contributed by atoms with E-state index in [1.807, 2.05) is 0 Å². The number of anilines is 1. The topological polar surface area (TPSA) is 66.0 Å². The second kappa shape index (κ2) is 5.91. The number of carbonyl (C=O) groups is 1. The second-order valence-electron chi connectivity index (χ2n) is 6.11. The first-order valence-corrected chi connectivity index (χ1v) is 9.82. The minimum absolute atomic E-state index is 0.0223. The summed E-state index contributed by atoms with van der Waals surface area (Å²) < 4.78 is 46.6. The third-order valence-corrected chi connectivity index (χ3v) is 7.31. The number of alkyl halides is 3. The predicted molar refractivity (Wildman–Crippen MR) is 86.5 cm³/mol. The Labute approximate surface area is 148 Å². The van der Waals surface area contributed by atoms with Crippen LogP contribution in [0.15, 0.2) is 17.2 Å². The van der Waals surface area contributed by atoms with Crippen LogP contribution in [0.3, 0.4) is 0 Å². The molecule has 1 fully saturated rings. The molecule has 25 heavy (non-hydrogen) atoms. The molecule has 1 unspecified atom stereocenters. The average Bonchev–Trinajstić information content (AvgIpc) is 2.52. The summed E-state index contributed by atoms with van der Waals surface area (Å²) in [5, 5.41) is 7.06. The monoisotopic (exact) mass is 415 g/mol. The molecule has 0 saturated carbocycles. The van der Waals surface area contributed by atoms with E-state index in [2.05, 4.69) is 15.8 Å². The molecule has 6 nitrogen and oxygen atoms in total. The van der Waals surface area contributed by atoms with Crippen LogP contribution in [-0.4, -0.2) is 53.2 Å². The molecule has 1 aromatic carbocycles. The number of carbonyl (C=O) groups excluding carboxylic acids is 1. The third-order valence-electron chi connectivity index (χ3n) is 4.42. The Hall–Kier alpha value is -1.73. The maximum absolute atomic E-state index is 13.5. The van der Waals surface area contributed by atoms with Gasteiger partial charge in [0, 0.05) is 0 Å². The van der Waals surface area contributed by atoms with E-state index in [0.29, 0.717) is 15.9 Å². The van der Waals surface area contributed by atoms with Gasteiger partial charge in [-0.1, -0.05) is 0 Å². The zero-order valence-electron chi connectivity index (χ0n) is 13.2. The molecule has 0 aliphatic carbocycles. The Morgan fingerprint density at radius 2 is 2.12 bits per heavy atom. The Morgan fingerprint density at radius 3 is 2.76 bits per heavy atom. The van der Waals surface area contributed by atoms with E-state index >= 15 is 0 Å². The molecule has 4 rings (SSSR count). The molecule has 3 aliphatic heterocycles. The summed E-state index contributed by atoms with van der Waals surface area (Å²) in [5.74, 6) is 0.339. The summed E-state index contributed by atoms with van der Waals surface area (Å²) >= 11 is -0.642. The van der Waals surface area contributed by atoms with Crippen LogP contribution in [0.5, 0.6) is 5.75 Å². The number of nitrogens with one attached hydrogen (secondary N) is 2. The van der Waals surface area contributed by atoms with E-state index in [1.54, 1.807) is 17.9 Å². The molecule has 1 atom stereocenters. The zero-order valence-corrected chi connectivity index (χ0v) is 15.1. The first-order chi connectivity index (χ1) is 11.8. The van der Waals surface area contributed by atoms with E-state index in [1.165, 1.54) is 0 Å². The summed E-state index contributed by atoms with van der Waals surface area (Å²) in [4.78, 5) is 13.6. The van der Waals surface area contributed by atoms with E-state index in [0.717, 1.165) is 19.2 Å². The van der Waals surface area contributed by atoms with Gasteiger partial charge in [0.25, 0.3) is 0 Å². The summed E-state index contributed by atoms with van der Waals surface area (Å²) in [6.07, 6.45) is -4.43. The fourth-order valence-corrected chi connectivity index (χ4v) is 5.81. The van der Waals surface area contributed by atoms with Crippen LogP contribution in [0.25, 0.3) is 0 Å². The molecule has 1 saturated heterocycles. The standard InChI is InChI=1S/C15H15AsF3N4O2/c1-7-14(24)22-21-13-6-25-12-2-9(15(17,18)19)10(3-11(12)23(7)13)16-8-4-20-5-8/h2-3,7-8,20H,4-6H2,1H3,(H,22,24). The van der Waals surface area contributed by atoms with E-state index in [4.69, 9.17) is 4.74 Å². The molecule has 1 radical (unpaired) electrons. The van der Waals surface area contributed by atoms with Crippen LogP contribution in [0.1, 0.15) is 12.5 Å². The average molecular weight is 415 g/mol. The van der Waals surface area contributed by atoms with Gasteiger partial charge in [0.05, 0.1) is 0 Å². The number of amides is 1. The van der Waals surface area contributed by atoms with Crippen LogP contribution in [-0.2, 0) is 11.0 Å². The molecule has 1 amide bonds. The van der Waals surface area contributed by atoms with Gasteiger partial charge in [0.2, 0.25) is 0 Å². The Bertz CT molecular complexity index is 764. The van der Waals surface area contributed by atoms with Crippen molar-refractivity contribution in [1.82, 2.24) is 10.7 Å². The predicted octanol–water partition coefficient (Wildman–Crippen LogP) is 0.457. The van der Waals surface area contributed by atoms with Crippen molar-refractivity contribution in [3.05, 3.63) is 17.7 Å². The van der Waals surface area contributed by atoms with Crippen molar-refractivity contribution in [2.45, 2.75) is 23.8 Å². The number of benzene rings is 1. The summed E-state index contributed by atoms with van der Waals surface area (Å²) in [6, 6.07) is 2.06. The van der Waals surface area contributed by atoms with Gasteiger partial charge in [-0.15, -0.1) is 0 Å². The third kappa shape index (κ3) is 2.89. The summed E-state index contributed by atoms with van der Waals surface area (Å²) in [6.45, 7) is 3.22. The molecule has 2 N–H and O–H groups in total. The molecule has 10 heteroatoms. The van der Waals surface area contributed by atoms with Crippen molar-refractivity contribution in [3.63, 3.8) is 0 Å². The molecule has 1 aromatic rings. The first-order valence-electron chi connectivity index (χ1n) is 7.80. The normalized spacial score (nSPS) is 23.5. The molecule has 3 aliphatic rings. The number of ether oxygens (including phenoxy) is 1. The zero-order chi connectivity index (χ0) is 17.8. The number of nitrogens with zero attached hydrogens (tertiary/aromatic N) is 2. The summed E-state index contributed by atoms with van der Waals surface area (Å²) in [5.41, 5.74) is 2.26. The van der Waals surface area contributed by atoms with Crippen molar-refractivity contribution in [2.24, 2.45) is 5.10 Å². The quantitative estimate of drug-likeness (QED) is 0.689. The minimum atomic E-state index is -4.43. The van der Waals surface area contributed by atoms with Crippen LogP contribution in [0, 0.1) is 0 Å². The maximum atomic E-state index is 13.5. The van der Waals surface area contributed by atoms with Gasteiger partial charge >= 0.3 is 148 Å². The van der Waals surface area contributed by atoms with Gasteiger partial charge in [0.1, 0.15) is 0 Å². The number of hydrazone groups is 1. The SMILES string of the molecule is CC1C(=O)NN=C2COc3cc(C(F)(F)F)c([As]C4CNC4)cc3N21. The number of halogens is 3. The fraction of sp³-hybridized carbons (Fsp3) is 0.467. The summed E-state index contributed by atoms with van der Waals surface area (Å²) in [7, 11) is 0. The fourth-order valence-electron chi connectivity index (χ4n) is 2.96. The van der Waals surface area contributed by atoms with Crippen LogP contribution in [0.4, 0.5) is 18.9 Å². The van der Waals surface area contributed by atoms with Crippen molar-refractivity contribution in [2.75, 3.05) is 24.6 Å².